The van der Waals surface area contributed by atoms with E-state index in [0.717, 1.165) is 0 Å². The lowest BCUT2D eigenvalue weighted by atomic mass is 10.1. The monoisotopic (exact) mass is 347 g/mol. The molecular formula is C14H12Cl2FNO2S. The van der Waals surface area contributed by atoms with Crippen LogP contribution in [-0.4, -0.2) is 8.42 Å². The molecule has 0 saturated carbocycles. The Balaban J connectivity index is 2.40. The van der Waals surface area contributed by atoms with Crippen molar-refractivity contribution in [2.75, 3.05) is 0 Å². The van der Waals surface area contributed by atoms with Gasteiger partial charge in [-0.1, -0.05) is 35.3 Å². The third-order valence-corrected chi connectivity index (χ3v) is 5.31. The number of benzene rings is 2. The number of rotatable bonds is 4. The number of hydrogen-bond acceptors (Lipinski definition) is 3. The molecule has 0 fully saturated rings. The second-order valence-corrected chi connectivity index (χ2v) is 7.27. The minimum Gasteiger partial charge on any atom is -0.326 e. The van der Waals surface area contributed by atoms with Gasteiger partial charge in [0.25, 0.3) is 0 Å². The Hall–Kier alpha value is -1.14. The molecule has 0 amide bonds. The van der Waals surface area contributed by atoms with Crippen LogP contribution in [0.2, 0.25) is 10.0 Å². The van der Waals surface area contributed by atoms with Crippen molar-refractivity contribution in [1.82, 2.24) is 0 Å². The predicted octanol–water partition coefficient (Wildman–Crippen LogP) is 3.57. The van der Waals surface area contributed by atoms with E-state index in [9.17, 15) is 12.8 Å². The van der Waals surface area contributed by atoms with Gasteiger partial charge in [0.2, 0.25) is 0 Å². The zero-order chi connectivity index (χ0) is 15.6. The van der Waals surface area contributed by atoms with Gasteiger partial charge in [0, 0.05) is 17.1 Å². The summed E-state index contributed by atoms with van der Waals surface area (Å²) in [5, 5.41) is 0.375. The molecule has 2 N–H and O–H groups in total. The van der Waals surface area contributed by atoms with Gasteiger partial charge in [-0.25, -0.2) is 12.8 Å². The average Bonchev–Trinajstić information content (AvgIpc) is 2.43. The Bertz CT molecular complexity index is 779. The molecule has 7 heteroatoms. The maximum absolute atomic E-state index is 13.4. The summed E-state index contributed by atoms with van der Waals surface area (Å²) in [5.41, 5.74) is 6.11. The van der Waals surface area contributed by atoms with Crippen LogP contribution in [0.4, 0.5) is 4.39 Å². The van der Waals surface area contributed by atoms with Crippen LogP contribution >= 0.6 is 23.2 Å². The first-order valence-electron chi connectivity index (χ1n) is 5.98. The third-order valence-electron chi connectivity index (χ3n) is 2.92. The molecule has 0 aliphatic rings. The van der Waals surface area contributed by atoms with Crippen LogP contribution in [-0.2, 0) is 22.1 Å². The van der Waals surface area contributed by atoms with Crippen molar-refractivity contribution in [3.63, 3.8) is 0 Å². The van der Waals surface area contributed by atoms with Crippen molar-refractivity contribution in [2.45, 2.75) is 17.2 Å². The van der Waals surface area contributed by atoms with Crippen molar-refractivity contribution >= 4 is 33.0 Å². The van der Waals surface area contributed by atoms with E-state index in [-0.39, 0.29) is 32.8 Å². The molecule has 0 aliphatic carbocycles. The molecule has 0 aliphatic heterocycles. The van der Waals surface area contributed by atoms with Gasteiger partial charge in [0.15, 0.2) is 9.84 Å². The molecule has 0 bridgehead atoms. The summed E-state index contributed by atoms with van der Waals surface area (Å²) >= 11 is 11.7. The fourth-order valence-electron chi connectivity index (χ4n) is 1.89. The normalized spacial score (nSPS) is 11.6. The van der Waals surface area contributed by atoms with Gasteiger partial charge in [0.1, 0.15) is 5.82 Å². The second-order valence-electron chi connectivity index (χ2n) is 4.46. The lowest BCUT2D eigenvalue weighted by molar-refractivity contribution is 0.594. The van der Waals surface area contributed by atoms with Crippen molar-refractivity contribution in [2.24, 2.45) is 5.73 Å². The van der Waals surface area contributed by atoms with Crippen molar-refractivity contribution in [1.29, 1.82) is 0 Å². The fraction of sp³-hybridized carbons (Fsp3) is 0.143. The summed E-state index contributed by atoms with van der Waals surface area (Å²) in [6.45, 7) is -0.00234. The number of hydrogen-bond donors (Lipinski definition) is 1. The summed E-state index contributed by atoms with van der Waals surface area (Å²) < 4.78 is 38.2. The number of halogens is 3. The molecule has 0 heterocycles. The summed E-state index contributed by atoms with van der Waals surface area (Å²) in [7, 11) is -3.68. The number of nitrogens with two attached hydrogens (primary N) is 1. The molecular weight excluding hydrogens is 336 g/mol. The largest absolute Gasteiger partial charge is 0.326 e. The van der Waals surface area contributed by atoms with Gasteiger partial charge in [-0.2, -0.15) is 0 Å². The van der Waals surface area contributed by atoms with E-state index in [0.29, 0.717) is 5.56 Å². The van der Waals surface area contributed by atoms with E-state index < -0.39 is 15.7 Å². The van der Waals surface area contributed by atoms with Crippen LogP contribution in [0.15, 0.2) is 41.3 Å². The Kier molecular flexibility index (Phi) is 4.88. The van der Waals surface area contributed by atoms with E-state index in [4.69, 9.17) is 28.9 Å². The van der Waals surface area contributed by atoms with Gasteiger partial charge in [-0.15, -0.1) is 0 Å². The summed E-state index contributed by atoms with van der Waals surface area (Å²) in [4.78, 5) is -0.0460. The topological polar surface area (TPSA) is 60.2 Å². The van der Waals surface area contributed by atoms with E-state index in [1.54, 1.807) is 0 Å². The highest BCUT2D eigenvalue weighted by Gasteiger charge is 2.20. The molecule has 0 unspecified atom stereocenters. The van der Waals surface area contributed by atoms with Crippen molar-refractivity contribution in [3.05, 3.63) is 63.4 Å². The van der Waals surface area contributed by atoms with E-state index in [1.807, 2.05) is 0 Å². The fourth-order valence-corrected chi connectivity index (χ4v) is 4.04. The highest BCUT2D eigenvalue weighted by molar-refractivity contribution is 7.90. The standard InChI is InChI=1S/C14H12Cl2FNO2S/c15-11-2-3-12(16)14(6-11)21(19,20)8-9-1-4-13(17)10(5-9)7-18/h1-6H,7-8,18H2. The third kappa shape index (κ3) is 3.74. The van der Waals surface area contributed by atoms with E-state index in [1.165, 1.54) is 36.4 Å². The first kappa shape index (κ1) is 16.2. The minimum atomic E-state index is -3.68. The SMILES string of the molecule is NCc1cc(CS(=O)(=O)c2cc(Cl)ccc2Cl)ccc1F. The molecule has 3 nitrogen and oxygen atoms in total. The Morgan fingerprint density at radius 1 is 1.10 bits per heavy atom. The molecule has 0 spiro atoms. The van der Waals surface area contributed by atoms with Gasteiger partial charge in [-0.3, -0.25) is 0 Å². The van der Waals surface area contributed by atoms with Gasteiger partial charge < -0.3 is 5.73 Å². The highest BCUT2D eigenvalue weighted by atomic mass is 35.5. The van der Waals surface area contributed by atoms with Gasteiger partial charge in [-0.05, 0) is 29.8 Å². The lowest BCUT2D eigenvalue weighted by Gasteiger charge is -2.09. The summed E-state index contributed by atoms with van der Waals surface area (Å²) in [5.74, 6) is -0.764. The van der Waals surface area contributed by atoms with Crippen LogP contribution in [0.5, 0.6) is 0 Å². The maximum atomic E-state index is 13.4. The molecule has 0 radical (unpaired) electrons. The summed E-state index contributed by atoms with van der Waals surface area (Å²) in [6, 6.07) is 8.27. The van der Waals surface area contributed by atoms with Crippen LogP contribution < -0.4 is 5.73 Å². The van der Waals surface area contributed by atoms with E-state index >= 15 is 0 Å². The molecule has 21 heavy (non-hydrogen) atoms. The molecule has 0 saturated heterocycles. The van der Waals surface area contributed by atoms with Crippen LogP contribution in [0.1, 0.15) is 11.1 Å². The van der Waals surface area contributed by atoms with Crippen LogP contribution in [0.25, 0.3) is 0 Å². The zero-order valence-electron chi connectivity index (χ0n) is 10.8. The Morgan fingerprint density at radius 3 is 2.48 bits per heavy atom. The second kappa shape index (κ2) is 6.32. The summed E-state index contributed by atoms with van der Waals surface area (Å²) in [6.07, 6.45) is 0. The van der Waals surface area contributed by atoms with Crippen molar-refractivity contribution in [3.8, 4) is 0 Å². The first-order chi connectivity index (χ1) is 9.83. The van der Waals surface area contributed by atoms with Crippen molar-refractivity contribution < 1.29 is 12.8 Å². The zero-order valence-corrected chi connectivity index (χ0v) is 13.1. The molecule has 112 valence electrons. The first-order valence-corrected chi connectivity index (χ1v) is 8.39. The number of sulfone groups is 1. The van der Waals surface area contributed by atoms with Gasteiger partial charge >= 0.3 is 0 Å². The predicted molar refractivity (Wildman–Crippen MR) is 81.6 cm³/mol. The lowest BCUT2D eigenvalue weighted by Crippen LogP contribution is -2.07. The smallest absolute Gasteiger partial charge is 0.184 e. The van der Waals surface area contributed by atoms with Gasteiger partial charge in [0.05, 0.1) is 15.7 Å². The van der Waals surface area contributed by atoms with Crippen LogP contribution in [0, 0.1) is 5.82 Å². The average molecular weight is 348 g/mol. The molecule has 2 aromatic carbocycles. The Labute approximate surface area is 132 Å². The van der Waals surface area contributed by atoms with E-state index in [2.05, 4.69) is 0 Å². The quantitative estimate of drug-likeness (QED) is 0.919. The maximum Gasteiger partial charge on any atom is 0.184 e. The molecule has 0 atom stereocenters. The minimum absolute atomic E-state index is 0.00234. The molecule has 2 aromatic rings. The highest BCUT2D eigenvalue weighted by Crippen LogP contribution is 2.28. The molecule has 2 rings (SSSR count). The van der Waals surface area contributed by atoms with Crippen LogP contribution in [0.3, 0.4) is 0 Å². The molecule has 0 aromatic heterocycles. The Morgan fingerprint density at radius 2 is 1.81 bits per heavy atom.